The van der Waals surface area contributed by atoms with Gasteiger partial charge in [-0.1, -0.05) is 12.1 Å². The minimum Gasteiger partial charge on any atom is -0.484 e. The molecule has 0 aliphatic carbocycles. The molecule has 0 saturated carbocycles. The fraction of sp³-hybridized carbons (Fsp3) is 0.125. The number of tetrazole rings is 1. The number of nitrogens with one attached hydrogen (secondary N) is 1. The Kier molecular flexibility index (Phi) is 4.94. The van der Waals surface area contributed by atoms with Crippen molar-refractivity contribution >= 4 is 21.4 Å². The summed E-state index contributed by atoms with van der Waals surface area (Å²) in [7, 11) is -3.34. The Morgan fingerprint density at radius 3 is 2.73 bits per heavy atom. The van der Waals surface area contributed by atoms with Gasteiger partial charge in [0.2, 0.25) is 0 Å². The molecular formula is C16H15N5O4S. The lowest BCUT2D eigenvalue weighted by molar-refractivity contribution is -0.118. The van der Waals surface area contributed by atoms with E-state index in [0.29, 0.717) is 17.1 Å². The summed E-state index contributed by atoms with van der Waals surface area (Å²) in [5.41, 5.74) is 1.07. The molecule has 0 spiro atoms. The van der Waals surface area contributed by atoms with Gasteiger partial charge >= 0.3 is 0 Å². The van der Waals surface area contributed by atoms with E-state index in [1.165, 1.54) is 23.1 Å². The van der Waals surface area contributed by atoms with Crippen LogP contribution in [0.5, 0.6) is 5.75 Å². The number of hydrogen-bond acceptors (Lipinski definition) is 7. The SMILES string of the molecule is CS(=O)(=O)c1cccc(NC(=O)COc2cccc(-n3cnnn3)c2)c1. The highest BCUT2D eigenvalue weighted by molar-refractivity contribution is 7.90. The van der Waals surface area contributed by atoms with Crippen LogP contribution in [0.1, 0.15) is 0 Å². The van der Waals surface area contributed by atoms with E-state index in [1.807, 2.05) is 0 Å². The summed E-state index contributed by atoms with van der Waals surface area (Å²) in [6.45, 7) is -0.234. The van der Waals surface area contributed by atoms with Crippen molar-refractivity contribution in [1.82, 2.24) is 20.2 Å². The van der Waals surface area contributed by atoms with Crippen LogP contribution in [0.25, 0.3) is 5.69 Å². The zero-order valence-electron chi connectivity index (χ0n) is 13.7. The van der Waals surface area contributed by atoms with Gasteiger partial charge in [0.05, 0.1) is 10.6 Å². The summed E-state index contributed by atoms with van der Waals surface area (Å²) in [6, 6.07) is 12.9. The summed E-state index contributed by atoms with van der Waals surface area (Å²) in [5, 5.41) is 13.5. The van der Waals surface area contributed by atoms with Gasteiger partial charge in [0.25, 0.3) is 5.91 Å². The third-order valence-electron chi connectivity index (χ3n) is 3.35. The van der Waals surface area contributed by atoms with Gasteiger partial charge < -0.3 is 10.1 Å². The number of sulfone groups is 1. The average molecular weight is 373 g/mol. The topological polar surface area (TPSA) is 116 Å². The second-order valence-electron chi connectivity index (χ2n) is 5.39. The Morgan fingerprint density at radius 1 is 1.19 bits per heavy atom. The Labute approximate surface area is 149 Å². The van der Waals surface area contributed by atoms with Gasteiger partial charge in [0.1, 0.15) is 12.1 Å². The van der Waals surface area contributed by atoms with E-state index < -0.39 is 15.7 Å². The first kappa shape index (κ1) is 17.5. The van der Waals surface area contributed by atoms with Crippen molar-refractivity contribution < 1.29 is 17.9 Å². The predicted molar refractivity (Wildman–Crippen MR) is 92.8 cm³/mol. The predicted octanol–water partition coefficient (Wildman–Crippen LogP) is 1.08. The summed E-state index contributed by atoms with van der Waals surface area (Å²) in [5.74, 6) is 0.0570. The van der Waals surface area contributed by atoms with Crippen molar-refractivity contribution in [2.75, 3.05) is 18.2 Å². The lowest BCUT2D eigenvalue weighted by Crippen LogP contribution is -2.20. The molecule has 10 heteroatoms. The van der Waals surface area contributed by atoms with Crippen LogP contribution in [-0.4, -0.2) is 47.4 Å². The third-order valence-corrected chi connectivity index (χ3v) is 4.46. The molecule has 0 radical (unpaired) electrons. The van der Waals surface area contributed by atoms with Crippen LogP contribution < -0.4 is 10.1 Å². The molecule has 0 aliphatic heterocycles. The van der Waals surface area contributed by atoms with Crippen LogP contribution in [-0.2, 0) is 14.6 Å². The number of carbonyl (C=O) groups excluding carboxylic acids is 1. The van der Waals surface area contributed by atoms with E-state index in [4.69, 9.17) is 4.74 Å². The van der Waals surface area contributed by atoms with E-state index >= 15 is 0 Å². The molecule has 1 amide bonds. The molecular weight excluding hydrogens is 358 g/mol. The Balaban J connectivity index is 1.62. The molecule has 3 aromatic rings. The molecule has 1 N–H and O–H groups in total. The van der Waals surface area contributed by atoms with Crippen LogP contribution >= 0.6 is 0 Å². The molecule has 1 aromatic heterocycles. The maximum Gasteiger partial charge on any atom is 0.262 e. The van der Waals surface area contributed by atoms with Gasteiger partial charge in [-0.15, -0.1) is 5.10 Å². The van der Waals surface area contributed by atoms with Crippen molar-refractivity contribution in [3.63, 3.8) is 0 Å². The van der Waals surface area contributed by atoms with E-state index in [0.717, 1.165) is 6.26 Å². The number of hydrogen-bond donors (Lipinski definition) is 1. The Morgan fingerprint density at radius 2 is 2.00 bits per heavy atom. The molecule has 0 saturated heterocycles. The zero-order chi connectivity index (χ0) is 18.6. The number of benzene rings is 2. The fourth-order valence-electron chi connectivity index (χ4n) is 2.15. The van der Waals surface area contributed by atoms with Crippen LogP contribution in [0, 0.1) is 0 Å². The zero-order valence-corrected chi connectivity index (χ0v) is 14.5. The maximum absolute atomic E-state index is 12.0. The number of anilines is 1. The summed E-state index contributed by atoms with van der Waals surface area (Å²) >= 11 is 0. The molecule has 26 heavy (non-hydrogen) atoms. The van der Waals surface area contributed by atoms with Crippen molar-refractivity contribution in [3.8, 4) is 11.4 Å². The van der Waals surface area contributed by atoms with Crippen molar-refractivity contribution in [2.24, 2.45) is 0 Å². The van der Waals surface area contributed by atoms with Crippen molar-refractivity contribution in [2.45, 2.75) is 4.90 Å². The Hall–Kier alpha value is -3.27. The molecule has 0 atom stereocenters. The molecule has 2 aromatic carbocycles. The molecule has 3 rings (SSSR count). The number of amides is 1. The standard InChI is InChI=1S/C16H15N5O4S/c1-26(23,24)15-7-2-4-12(8-15)18-16(22)10-25-14-6-3-5-13(9-14)21-11-17-19-20-21/h2-9,11H,10H2,1H3,(H,18,22). The number of nitrogens with zero attached hydrogens (tertiary/aromatic N) is 4. The fourth-order valence-corrected chi connectivity index (χ4v) is 2.81. The first-order chi connectivity index (χ1) is 12.4. The second-order valence-corrected chi connectivity index (χ2v) is 7.40. The van der Waals surface area contributed by atoms with E-state index in [9.17, 15) is 13.2 Å². The second kappa shape index (κ2) is 7.31. The maximum atomic E-state index is 12.0. The van der Waals surface area contributed by atoms with Gasteiger partial charge in [0, 0.05) is 18.0 Å². The summed E-state index contributed by atoms with van der Waals surface area (Å²) in [6.07, 6.45) is 2.55. The lowest BCUT2D eigenvalue weighted by atomic mass is 10.3. The highest BCUT2D eigenvalue weighted by atomic mass is 32.2. The van der Waals surface area contributed by atoms with Gasteiger partial charge in [-0.05, 0) is 40.8 Å². The van der Waals surface area contributed by atoms with Crippen LogP contribution in [0.3, 0.4) is 0 Å². The third kappa shape index (κ3) is 4.42. The minimum absolute atomic E-state index is 0.130. The van der Waals surface area contributed by atoms with E-state index in [2.05, 4.69) is 20.8 Å². The van der Waals surface area contributed by atoms with E-state index in [1.54, 1.807) is 36.4 Å². The molecule has 1 heterocycles. The number of carbonyl (C=O) groups is 1. The Bertz CT molecular complexity index is 1020. The molecule has 0 unspecified atom stereocenters. The molecule has 9 nitrogen and oxygen atoms in total. The highest BCUT2D eigenvalue weighted by Crippen LogP contribution is 2.17. The van der Waals surface area contributed by atoms with Gasteiger partial charge in [0.15, 0.2) is 16.4 Å². The highest BCUT2D eigenvalue weighted by Gasteiger charge is 2.10. The first-order valence-electron chi connectivity index (χ1n) is 7.48. The van der Waals surface area contributed by atoms with Crippen molar-refractivity contribution in [1.29, 1.82) is 0 Å². The van der Waals surface area contributed by atoms with Crippen LogP contribution in [0.15, 0.2) is 59.8 Å². The quantitative estimate of drug-likeness (QED) is 0.687. The summed E-state index contributed by atoms with van der Waals surface area (Å²) < 4.78 is 30.0. The minimum atomic E-state index is -3.34. The number of ether oxygens (including phenoxy) is 1. The normalized spacial score (nSPS) is 11.1. The van der Waals surface area contributed by atoms with Gasteiger partial charge in [-0.2, -0.15) is 0 Å². The molecule has 0 aliphatic rings. The average Bonchev–Trinajstić information content (AvgIpc) is 3.14. The number of aromatic nitrogens is 4. The van der Waals surface area contributed by atoms with Crippen LogP contribution in [0.4, 0.5) is 5.69 Å². The lowest BCUT2D eigenvalue weighted by Gasteiger charge is -2.09. The summed E-state index contributed by atoms with van der Waals surface area (Å²) in [4.78, 5) is 12.2. The molecule has 0 fully saturated rings. The van der Waals surface area contributed by atoms with Gasteiger partial charge in [-0.25, -0.2) is 13.1 Å². The largest absolute Gasteiger partial charge is 0.484 e. The van der Waals surface area contributed by atoms with Crippen molar-refractivity contribution in [3.05, 3.63) is 54.9 Å². The first-order valence-corrected chi connectivity index (χ1v) is 9.37. The smallest absolute Gasteiger partial charge is 0.262 e. The number of rotatable bonds is 6. The molecule has 0 bridgehead atoms. The monoisotopic (exact) mass is 373 g/mol. The van der Waals surface area contributed by atoms with Crippen LogP contribution in [0.2, 0.25) is 0 Å². The van der Waals surface area contributed by atoms with Gasteiger partial charge in [-0.3, -0.25) is 4.79 Å². The molecule has 134 valence electrons. The van der Waals surface area contributed by atoms with E-state index in [-0.39, 0.29) is 11.5 Å².